The molecule has 0 aromatic heterocycles. The third-order valence-electron chi connectivity index (χ3n) is 3.68. The largest absolute Gasteiger partial charge is 0.395 e. The van der Waals surface area contributed by atoms with E-state index in [1.807, 2.05) is 4.90 Å². The SMILES string of the molecule is NC(=O)c1cc([N+](=O)[O-])ccc1N=Nc1ccc(N(CCO)CCO)cc1. The van der Waals surface area contributed by atoms with E-state index in [0.717, 1.165) is 11.8 Å². The van der Waals surface area contributed by atoms with Crippen LogP contribution in [0, 0.1) is 10.1 Å². The quantitative estimate of drug-likeness (QED) is 0.346. The van der Waals surface area contributed by atoms with E-state index in [0.29, 0.717) is 18.8 Å². The lowest BCUT2D eigenvalue weighted by atomic mass is 10.1. The number of nitrogens with zero attached hydrogens (tertiary/aromatic N) is 4. The fourth-order valence-corrected chi connectivity index (χ4v) is 2.38. The summed E-state index contributed by atoms with van der Waals surface area (Å²) in [5.74, 6) is -0.841. The van der Waals surface area contributed by atoms with Crippen LogP contribution in [0.4, 0.5) is 22.7 Å². The lowest BCUT2D eigenvalue weighted by Crippen LogP contribution is -2.29. The molecule has 0 saturated carbocycles. The number of benzene rings is 2. The standard InChI is InChI=1S/C17H19N5O5/c18-17(25)15-11-14(22(26)27)5-6-16(15)20-19-12-1-3-13(4-2-12)21(7-9-23)8-10-24/h1-6,11,23-24H,7-10H2,(H2,18,25). The van der Waals surface area contributed by atoms with Crippen molar-refractivity contribution in [2.75, 3.05) is 31.2 Å². The summed E-state index contributed by atoms with van der Waals surface area (Å²) in [7, 11) is 0. The van der Waals surface area contributed by atoms with Crippen LogP contribution in [0.5, 0.6) is 0 Å². The van der Waals surface area contributed by atoms with Crippen LogP contribution in [0.15, 0.2) is 52.7 Å². The van der Waals surface area contributed by atoms with E-state index in [4.69, 9.17) is 15.9 Å². The third kappa shape index (κ3) is 5.30. The van der Waals surface area contributed by atoms with E-state index < -0.39 is 10.8 Å². The molecule has 0 aliphatic heterocycles. The van der Waals surface area contributed by atoms with Gasteiger partial charge in [0.1, 0.15) is 0 Å². The molecule has 0 saturated heterocycles. The van der Waals surface area contributed by atoms with Crippen molar-refractivity contribution in [3.8, 4) is 0 Å². The Morgan fingerprint density at radius 3 is 2.22 bits per heavy atom. The molecule has 2 rings (SSSR count). The van der Waals surface area contributed by atoms with Crippen molar-refractivity contribution in [3.63, 3.8) is 0 Å². The van der Waals surface area contributed by atoms with E-state index in [2.05, 4.69) is 10.2 Å². The maximum Gasteiger partial charge on any atom is 0.270 e. The number of azo groups is 1. The number of carbonyl (C=O) groups excluding carboxylic acids is 1. The van der Waals surface area contributed by atoms with Crippen molar-refractivity contribution in [1.29, 1.82) is 0 Å². The highest BCUT2D eigenvalue weighted by Crippen LogP contribution is 2.27. The molecular weight excluding hydrogens is 354 g/mol. The number of primary amides is 1. The summed E-state index contributed by atoms with van der Waals surface area (Å²) in [6, 6.07) is 10.4. The Balaban J connectivity index is 2.23. The van der Waals surface area contributed by atoms with Gasteiger partial charge in [-0.2, -0.15) is 5.11 Å². The number of nitro groups is 1. The number of non-ortho nitro benzene ring substituents is 1. The summed E-state index contributed by atoms with van der Waals surface area (Å²) in [6.45, 7) is 0.674. The molecule has 0 spiro atoms. The summed E-state index contributed by atoms with van der Waals surface area (Å²) in [5.41, 5.74) is 6.30. The minimum atomic E-state index is -0.841. The van der Waals surface area contributed by atoms with Crippen molar-refractivity contribution in [2.24, 2.45) is 16.0 Å². The molecular formula is C17H19N5O5. The summed E-state index contributed by atoms with van der Waals surface area (Å²) >= 11 is 0. The molecule has 10 heteroatoms. The van der Waals surface area contributed by atoms with Gasteiger partial charge in [0.25, 0.3) is 11.6 Å². The van der Waals surface area contributed by atoms with E-state index in [-0.39, 0.29) is 30.2 Å². The number of rotatable bonds is 9. The Labute approximate surface area is 154 Å². The van der Waals surface area contributed by atoms with Crippen molar-refractivity contribution >= 4 is 28.7 Å². The number of anilines is 1. The lowest BCUT2D eigenvalue weighted by Gasteiger charge is -2.22. The molecule has 0 fully saturated rings. The minimum absolute atomic E-state index is 0.0441. The van der Waals surface area contributed by atoms with Crippen molar-refractivity contribution in [1.82, 2.24) is 0 Å². The van der Waals surface area contributed by atoms with Crippen LogP contribution in [0.25, 0.3) is 0 Å². The number of amides is 1. The molecule has 2 aromatic rings. The predicted octanol–water partition coefficient (Wildman–Crippen LogP) is 1.90. The van der Waals surface area contributed by atoms with Crippen LogP contribution < -0.4 is 10.6 Å². The minimum Gasteiger partial charge on any atom is -0.395 e. The number of hydrogen-bond donors (Lipinski definition) is 3. The Hall–Kier alpha value is -3.37. The Morgan fingerprint density at radius 1 is 1.07 bits per heavy atom. The maximum atomic E-state index is 11.5. The van der Waals surface area contributed by atoms with Gasteiger partial charge in [0.05, 0.1) is 35.1 Å². The highest BCUT2D eigenvalue weighted by molar-refractivity contribution is 5.98. The van der Waals surface area contributed by atoms with Gasteiger partial charge in [0.2, 0.25) is 0 Å². The molecule has 0 atom stereocenters. The fraction of sp³-hybridized carbons (Fsp3) is 0.235. The zero-order valence-electron chi connectivity index (χ0n) is 14.4. The summed E-state index contributed by atoms with van der Waals surface area (Å²) in [5, 5.41) is 36.9. The number of carbonyl (C=O) groups is 1. The van der Waals surface area contributed by atoms with E-state index in [1.54, 1.807) is 24.3 Å². The Kier molecular flexibility index (Phi) is 6.92. The van der Waals surface area contributed by atoms with Gasteiger partial charge in [0, 0.05) is 30.9 Å². The molecule has 0 heterocycles. The van der Waals surface area contributed by atoms with Crippen LogP contribution in [0.2, 0.25) is 0 Å². The molecule has 0 unspecified atom stereocenters. The van der Waals surface area contributed by atoms with Gasteiger partial charge in [-0.1, -0.05) is 0 Å². The van der Waals surface area contributed by atoms with Gasteiger partial charge < -0.3 is 20.8 Å². The predicted molar refractivity (Wildman–Crippen MR) is 98.6 cm³/mol. The second kappa shape index (κ2) is 9.36. The zero-order chi connectivity index (χ0) is 19.8. The topological polar surface area (TPSA) is 155 Å². The maximum absolute atomic E-state index is 11.5. The average molecular weight is 373 g/mol. The number of nitro benzene ring substituents is 1. The van der Waals surface area contributed by atoms with Gasteiger partial charge in [-0.15, -0.1) is 5.11 Å². The molecule has 142 valence electrons. The van der Waals surface area contributed by atoms with Crippen LogP contribution in [-0.2, 0) is 0 Å². The number of aliphatic hydroxyl groups excluding tert-OH is 2. The Bertz CT molecular complexity index is 832. The molecule has 0 bridgehead atoms. The van der Waals surface area contributed by atoms with Crippen molar-refractivity contribution in [3.05, 3.63) is 58.1 Å². The molecule has 10 nitrogen and oxygen atoms in total. The first-order valence-corrected chi connectivity index (χ1v) is 8.03. The van der Waals surface area contributed by atoms with Crippen LogP contribution in [-0.4, -0.2) is 47.3 Å². The van der Waals surface area contributed by atoms with E-state index in [1.165, 1.54) is 12.1 Å². The third-order valence-corrected chi connectivity index (χ3v) is 3.68. The lowest BCUT2D eigenvalue weighted by molar-refractivity contribution is -0.384. The monoisotopic (exact) mass is 373 g/mol. The first-order valence-electron chi connectivity index (χ1n) is 8.03. The van der Waals surface area contributed by atoms with Gasteiger partial charge in [0.15, 0.2) is 0 Å². The second-order valence-corrected chi connectivity index (χ2v) is 5.47. The van der Waals surface area contributed by atoms with Gasteiger partial charge in [-0.05, 0) is 30.3 Å². The molecule has 27 heavy (non-hydrogen) atoms. The first-order chi connectivity index (χ1) is 13.0. The smallest absolute Gasteiger partial charge is 0.270 e. The molecule has 2 aromatic carbocycles. The average Bonchev–Trinajstić information content (AvgIpc) is 2.66. The highest BCUT2D eigenvalue weighted by atomic mass is 16.6. The van der Waals surface area contributed by atoms with Crippen molar-refractivity contribution < 1.29 is 19.9 Å². The van der Waals surface area contributed by atoms with Gasteiger partial charge in [-0.3, -0.25) is 14.9 Å². The van der Waals surface area contributed by atoms with E-state index >= 15 is 0 Å². The van der Waals surface area contributed by atoms with Crippen LogP contribution >= 0.6 is 0 Å². The zero-order valence-corrected chi connectivity index (χ0v) is 14.4. The van der Waals surface area contributed by atoms with Crippen LogP contribution in [0.1, 0.15) is 10.4 Å². The Morgan fingerprint density at radius 2 is 1.70 bits per heavy atom. The molecule has 4 N–H and O–H groups in total. The molecule has 1 amide bonds. The number of nitrogens with two attached hydrogens (primary N) is 1. The van der Waals surface area contributed by atoms with Crippen molar-refractivity contribution in [2.45, 2.75) is 0 Å². The molecule has 0 aliphatic carbocycles. The summed E-state index contributed by atoms with van der Waals surface area (Å²) < 4.78 is 0. The second-order valence-electron chi connectivity index (χ2n) is 5.47. The van der Waals surface area contributed by atoms with Crippen LogP contribution in [0.3, 0.4) is 0 Å². The number of hydrogen-bond acceptors (Lipinski definition) is 8. The van der Waals surface area contributed by atoms with E-state index in [9.17, 15) is 14.9 Å². The first kappa shape index (κ1) is 19.9. The summed E-state index contributed by atoms with van der Waals surface area (Å²) in [4.78, 5) is 23.5. The summed E-state index contributed by atoms with van der Waals surface area (Å²) in [6.07, 6.45) is 0. The molecule has 0 aliphatic rings. The van der Waals surface area contributed by atoms with Gasteiger partial charge >= 0.3 is 0 Å². The fourth-order valence-electron chi connectivity index (χ4n) is 2.38. The van der Waals surface area contributed by atoms with Gasteiger partial charge in [-0.25, -0.2) is 0 Å². The normalized spacial score (nSPS) is 10.9. The number of aliphatic hydroxyl groups is 2. The highest BCUT2D eigenvalue weighted by Gasteiger charge is 2.14. The molecule has 0 radical (unpaired) electrons.